The number of carbonyl (C=O) groups is 2. The van der Waals surface area contributed by atoms with Gasteiger partial charge in [0.05, 0.1) is 22.2 Å². The van der Waals surface area contributed by atoms with E-state index in [2.05, 4.69) is 5.32 Å². The van der Waals surface area contributed by atoms with Crippen LogP contribution >= 0.6 is 11.6 Å². The summed E-state index contributed by atoms with van der Waals surface area (Å²) >= 11 is 6.02. The van der Waals surface area contributed by atoms with E-state index >= 15 is 0 Å². The fraction of sp³-hybridized carbons (Fsp3) is 0.300. The number of anilines is 1. The number of hydrogen-bond donors (Lipinski definition) is 1. The maximum Gasteiger partial charge on any atom is 0.254 e. The molecule has 1 saturated heterocycles. The van der Waals surface area contributed by atoms with Gasteiger partial charge in [-0.05, 0) is 43.2 Å². The molecule has 1 aliphatic heterocycles. The van der Waals surface area contributed by atoms with Crippen molar-refractivity contribution in [2.24, 2.45) is 0 Å². The molecule has 29 heavy (non-hydrogen) atoms. The van der Waals surface area contributed by atoms with Gasteiger partial charge in [0.1, 0.15) is 0 Å². The minimum Gasteiger partial charge on any atom is -0.332 e. The normalized spacial score (nSPS) is 14.6. The lowest BCUT2D eigenvalue weighted by Crippen LogP contribution is -2.35. The van der Waals surface area contributed by atoms with Crippen LogP contribution in [-0.2, 0) is 14.8 Å². The predicted molar refractivity (Wildman–Crippen MR) is 111 cm³/mol. The quantitative estimate of drug-likeness (QED) is 0.755. The van der Waals surface area contributed by atoms with Crippen molar-refractivity contribution in [3.8, 4) is 0 Å². The molecule has 0 saturated carbocycles. The molecule has 2 aromatic rings. The Morgan fingerprint density at radius 2 is 1.79 bits per heavy atom. The second-order valence-electron chi connectivity index (χ2n) is 6.83. The Morgan fingerprint density at radius 1 is 1.10 bits per heavy atom. The van der Waals surface area contributed by atoms with Crippen LogP contribution < -0.4 is 5.32 Å². The van der Waals surface area contributed by atoms with E-state index in [9.17, 15) is 18.0 Å². The summed E-state index contributed by atoms with van der Waals surface area (Å²) in [4.78, 5) is 26.3. The number of halogens is 1. The molecule has 1 N–H and O–H groups in total. The molecular weight excluding hydrogens is 414 g/mol. The molecule has 9 heteroatoms. The number of rotatable bonds is 6. The number of amides is 2. The Bertz CT molecular complexity index is 1020. The summed E-state index contributed by atoms with van der Waals surface area (Å²) in [5, 5.41) is 3.05. The third kappa shape index (κ3) is 4.95. The number of carbonyl (C=O) groups excluding carboxylic acids is 2. The van der Waals surface area contributed by atoms with E-state index in [0.717, 1.165) is 12.8 Å². The van der Waals surface area contributed by atoms with Crippen molar-refractivity contribution in [3.05, 3.63) is 59.1 Å². The summed E-state index contributed by atoms with van der Waals surface area (Å²) in [5.74, 6) is -0.854. The molecule has 154 valence electrons. The number of para-hydroxylation sites is 1. The zero-order chi connectivity index (χ0) is 21.0. The van der Waals surface area contributed by atoms with Crippen LogP contribution in [-0.4, -0.2) is 56.1 Å². The average Bonchev–Trinajstić information content (AvgIpc) is 3.25. The number of likely N-dealkylation sites (N-methyl/N-ethyl adjacent to an activating group) is 1. The summed E-state index contributed by atoms with van der Waals surface area (Å²) in [5.41, 5.74) is 0.664. The van der Waals surface area contributed by atoms with E-state index in [4.69, 9.17) is 11.6 Å². The Morgan fingerprint density at radius 3 is 2.48 bits per heavy atom. The minimum atomic E-state index is -3.62. The minimum absolute atomic E-state index is 0.0826. The molecule has 1 fully saturated rings. The van der Waals surface area contributed by atoms with Gasteiger partial charge in [0.2, 0.25) is 15.9 Å². The van der Waals surface area contributed by atoms with Crippen LogP contribution in [0.1, 0.15) is 23.2 Å². The van der Waals surface area contributed by atoms with Gasteiger partial charge in [-0.15, -0.1) is 0 Å². The molecule has 0 atom stereocenters. The zero-order valence-electron chi connectivity index (χ0n) is 16.0. The predicted octanol–water partition coefficient (Wildman–Crippen LogP) is 2.84. The third-order valence-corrected chi connectivity index (χ3v) is 6.88. The van der Waals surface area contributed by atoms with Crippen molar-refractivity contribution in [2.45, 2.75) is 17.7 Å². The lowest BCUT2D eigenvalue weighted by Gasteiger charge is -2.19. The van der Waals surface area contributed by atoms with Crippen LogP contribution in [0.25, 0.3) is 0 Å². The van der Waals surface area contributed by atoms with Crippen LogP contribution in [0, 0.1) is 0 Å². The lowest BCUT2D eigenvalue weighted by molar-refractivity contribution is -0.116. The molecule has 0 aliphatic carbocycles. The maximum absolute atomic E-state index is 12.7. The van der Waals surface area contributed by atoms with Crippen LogP contribution in [0.2, 0.25) is 5.02 Å². The van der Waals surface area contributed by atoms with E-state index < -0.39 is 21.8 Å². The molecular formula is C20H22ClN3O4S. The van der Waals surface area contributed by atoms with Crippen molar-refractivity contribution in [3.63, 3.8) is 0 Å². The number of nitrogens with one attached hydrogen (secondary N) is 1. The SMILES string of the molecule is CN(CC(=O)Nc1ccccc1Cl)C(=O)c1cccc(S(=O)(=O)N2CCCC2)c1. The number of benzene rings is 2. The summed E-state index contributed by atoms with van der Waals surface area (Å²) in [6.45, 7) is 0.776. The number of nitrogens with zero attached hydrogens (tertiary/aromatic N) is 2. The summed E-state index contributed by atoms with van der Waals surface area (Å²) < 4.78 is 26.9. The van der Waals surface area contributed by atoms with E-state index in [1.54, 1.807) is 24.3 Å². The molecule has 1 aliphatic rings. The summed E-state index contributed by atoms with van der Waals surface area (Å²) in [7, 11) is -2.14. The van der Waals surface area contributed by atoms with E-state index in [1.165, 1.54) is 40.5 Å². The van der Waals surface area contributed by atoms with E-state index in [0.29, 0.717) is 23.8 Å². The number of sulfonamides is 1. The van der Waals surface area contributed by atoms with Crippen molar-refractivity contribution in [1.82, 2.24) is 9.21 Å². The second-order valence-corrected chi connectivity index (χ2v) is 9.17. The van der Waals surface area contributed by atoms with Crippen molar-refractivity contribution >= 4 is 39.1 Å². The first-order chi connectivity index (χ1) is 13.8. The van der Waals surface area contributed by atoms with Crippen LogP contribution in [0.3, 0.4) is 0 Å². The zero-order valence-corrected chi connectivity index (χ0v) is 17.5. The first-order valence-electron chi connectivity index (χ1n) is 9.19. The fourth-order valence-electron chi connectivity index (χ4n) is 3.13. The molecule has 0 aromatic heterocycles. The smallest absolute Gasteiger partial charge is 0.254 e. The highest BCUT2D eigenvalue weighted by molar-refractivity contribution is 7.89. The van der Waals surface area contributed by atoms with Gasteiger partial charge in [0, 0.05) is 25.7 Å². The molecule has 7 nitrogen and oxygen atoms in total. The Hall–Kier alpha value is -2.42. The Labute approximate surface area is 175 Å². The third-order valence-electron chi connectivity index (χ3n) is 4.66. The number of hydrogen-bond acceptors (Lipinski definition) is 4. The van der Waals surface area contributed by atoms with Crippen molar-refractivity contribution in [2.75, 3.05) is 32.0 Å². The highest BCUT2D eigenvalue weighted by Gasteiger charge is 2.28. The molecule has 0 unspecified atom stereocenters. The highest BCUT2D eigenvalue weighted by atomic mass is 35.5. The average molecular weight is 436 g/mol. The second kappa shape index (κ2) is 8.94. The summed E-state index contributed by atoms with van der Waals surface area (Å²) in [6.07, 6.45) is 1.67. The summed E-state index contributed by atoms with van der Waals surface area (Å²) in [6, 6.07) is 12.7. The Kier molecular flexibility index (Phi) is 6.56. The monoisotopic (exact) mass is 435 g/mol. The molecule has 0 radical (unpaired) electrons. The Balaban J connectivity index is 1.69. The van der Waals surface area contributed by atoms with Gasteiger partial charge in [0.15, 0.2) is 0 Å². The van der Waals surface area contributed by atoms with Crippen LogP contribution in [0.15, 0.2) is 53.4 Å². The first kappa shape index (κ1) is 21.3. The van der Waals surface area contributed by atoms with Gasteiger partial charge in [0.25, 0.3) is 5.91 Å². The maximum atomic E-state index is 12.7. The van der Waals surface area contributed by atoms with E-state index in [1.807, 2.05) is 0 Å². The highest BCUT2D eigenvalue weighted by Crippen LogP contribution is 2.22. The standard InChI is InChI=1S/C20H22ClN3O4S/c1-23(14-19(25)22-18-10-3-2-9-17(18)21)20(26)15-7-6-8-16(13-15)29(27,28)24-11-4-5-12-24/h2-3,6-10,13H,4-5,11-12,14H2,1H3,(H,22,25). The van der Waals surface area contributed by atoms with Gasteiger partial charge in [-0.25, -0.2) is 8.42 Å². The van der Waals surface area contributed by atoms with Crippen LogP contribution in [0.4, 0.5) is 5.69 Å². The molecule has 1 heterocycles. The van der Waals surface area contributed by atoms with Gasteiger partial charge in [-0.2, -0.15) is 4.31 Å². The molecule has 3 rings (SSSR count). The van der Waals surface area contributed by atoms with E-state index in [-0.39, 0.29) is 17.0 Å². The molecule has 0 bridgehead atoms. The molecule has 2 amide bonds. The fourth-order valence-corrected chi connectivity index (χ4v) is 4.87. The van der Waals surface area contributed by atoms with Gasteiger partial charge in [-0.1, -0.05) is 29.8 Å². The lowest BCUT2D eigenvalue weighted by atomic mass is 10.2. The van der Waals surface area contributed by atoms with Crippen molar-refractivity contribution in [1.29, 1.82) is 0 Å². The largest absolute Gasteiger partial charge is 0.332 e. The molecule has 2 aromatic carbocycles. The van der Waals surface area contributed by atoms with Crippen molar-refractivity contribution < 1.29 is 18.0 Å². The van der Waals surface area contributed by atoms with Gasteiger partial charge >= 0.3 is 0 Å². The molecule has 0 spiro atoms. The first-order valence-corrected chi connectivity index (χ1v) is 11.0. The van der Waals surface area contributed by atoms with Gasteiger partial charge < -0.3 is 10.2 Å². The van der Waals surface area contributed by atoms with Crippen LogP contribution in [0.5, 0.6) is 0 Å². The topological polar surface area (TPSA) is 86.8 Å². The van der Waals surface area contributed by atoms with Gasteiger partial charge in [-0.3, -0.25) is 9.59 Å².